The van der Waals surface area contributed by atoms with Gasteiger partial charge in [-0.2, -0.15) is 5.10 Å². The topological polar surface area (TPSA) is 17.8 Å². The van der Waals surface area contributed by atoms with Gasteiger partial charge in [0.15, 0.2) is 0 Å². The fourth-order valence-electron chi connectivity index (χ4n) is 2.64. The first-order valence-electron chi connectivity index (χ1n) is 7.23. The van der Waals surface area contributed by atoms with Crippen molar-refractivity contribution in [2.75, 3.05) is 0 Å². The zero-order valence-electron chi connectivity index (χ0n) is 13.0. The first-order chi connectivity index (χ1) is 10.0. The van der Waals surface area contributed by atoms with Gasteiger partial charge in [0.1, 0.15) is 0 Å². The molecule has 0 N–H and O–H groups in total. The highest BCUT2D eigenvalue weighted by Crippen LogP contribution is 2.26. The van der Waals surface area contributed by atoms with Crippen LogP contribution in [0, 0.1) is 20.8 Å². The minimum atomic E-state index is 1.05. The summed E-state index contributed by atoms with van der Waals surface area (Å²) in [5, 5.41) is 4.41. The van der Waals surface area contributed by atoms with E-state index in [1.807, 2.05) is 18.7 Å². The summed E-state index contributed by atoms with van der Waals surface area (Å²) in [6.07, 6.45) is 0. The van der Waals surface area contributed by atoms with Crippen LogP contribution in [0.5, 0.6) is 0 Å². The Hall–Kier alpha value is -2.35. The third-order valence-electron chi connectivity index (χ3n) is 4.02. The molecule has 0 unspecified atom stereocenters. The van der Waals surface area contributed by atoms with Crippen molar-refractivity contribution in [3.63, 3.8) is 0 Å². The molecular formula is C19H20N2. The molecule has 0 bridgehead atoms. The molecule has 0 saturated carbocycles. The van der Waals surface area contributed by atoms with E-state index in [1.54, 1.807) is 0 Å². The van der Waals surface area contributed by atoms with Crippen molar-refractivity contribution in [3.05, 3.63) is 65.4 Å². The van der Waals surface area contributed by atoms with Crippen LogP contribution in [-0.2, 0) is 7.05 Å². The zero-order valence-corrected chi connectivity index (χ0v) is 13.0. The molecule has 0 fully saturated rings. The number of hydrogen-bond acceptors (Lipinski definition) is 1. The molecule has 0 amide bonds. The van der Waals surface area contributed by atoms with Gasteiger partial charge in [0.05, 0.1) is 11.4 Å². The quantitative estimate of drug-likeness (QED) is 0.664. The van der Waals surface area contributed by atoms with Gasteiger partial charge < -0.3 is 0 Å². The number of rotatable bonds is 2. The van der Waals surface area contributed by atoms with Gasteiger partial charge in [0.2, 0.25) is 0 Å². The lowest BCUT2D eigenvalue weighted by atomic mass is 9.99. The molecule has 2 heteroatoms. The van der Waals surface area contributed by atoms with Crippen LogP contribution in [0.2, 0.25) is 0 Å². The molecule has 2 nitrogen and oxygen atoms in total. The van der Waals surface area contributed by atoms with Crippen molar-refractivity contribution in [3.8, 4) is 22.4 Å². The van der Waals surface area contributed by atoms with E-state index in [0.717, 1.165) is 11.4 Å². The Balaban J connectivity index is 1.97. The number of hydrogen-bond donors (Lipinski definition) is 0. The monoisotopic (exact) mass is 276 g/mol. The predicted molar refractivity (Wildman–Crippen MR) is 88.3 cm³/mol. The van der Waals surface area contributed by atoms with Crippen molar-refractivity contribution >= 4 is 0 Å². The van der Waals surface area contributed by atoms with Crippen LogP contribution >= 0.6 is 0 Å². The second kappa shape index (κ2) is 5.21. The second-order valence-electron chi connectivity index (χ2n) is 5.67. The lowest BCUT2D eigenvalue weighted by molar-refractivity contribution is 0.764. The van der Waals surface area contributed by atoms with Crippen molar-refractivity contribution < 1.29 is 0 Å². The number of aromatic nitrogens is 2. The van der Waals surface area contributed by atoms with Gasteiger partial charge in [0, 0.05) is 7.05 Å². The van der Waals surface area contributed by atoms with Crippen molar-refractivity contribution in [1.82, 2.24) is 9.78 Å². The van der Waals surface area contributed by atoms with E-state index in [4.69, 9.17) is 0 Å². The minimum Gasteiger partial charge on any atom is -0.268 e. The van der Waals surface area contributed by atoms with Gasteiger partial charge in [-0.25, -0.2) is 0 Å². The number of nitrogens with zero attached hydrogens (tertiary/aromatic N) is 2. The molecule has 0 radical (unpaired) electrons. The summed E-state index contributed by atoms with van der Waals surface area (Å²) in [7, 11) is 1.99. The highest BCUT2D eigenvalue weighted by Gasteiger charge is 2.06. The number of aryl methyl sites for hydroxylation is 4. The summed E-state index contributed by atoms with van der Waals surface area (Å²) >= 11 is 0. The molecule has 0 aliphatic carbocycles. The molecule has 0 aliphatic heterocycles. The van der Waals surface area contributed by atoms with Gasteiger partial charge in [-0.15, -0.1) is 0 Å². The summed E-state index contributed by atoms with van der Waals surface area (Å²) in [5.74, 6) is 0. The van der Waals surface area contributed by atoms with E-state index in [9.17, 15) is 0 Å². The molecule has 3 aromatic rings. The molecule has 1 heterocycles. The summed E-state index contributed by atoms with van der Waals surface area (Å²) in [5.41, 5.74) is 8.58. The van der Waals surface area contributed by atoms with Crippen LogP contribution in [0.3, 0.4) is 0 Å². The lowest BCUT2D eigenvalue weighted by Gasteiger charge is -2.07. The minimum absolute atomic E-state index is 1.05. The average molecular weight is 276 g/mol. The van der Waals surface area contributed by atoms with Crippen LogP contribution in [0.25, 0.3) is 22.4 Å². The maximum atomic E-state index is 4.41. The number of benzene rings is 2. The molecule has 0 saturated heterocycles. The predicted octanol–water partition coefficient (Wildman–Crippen LogP) is 4.68. The van der Waals surface area contributed by atoms with Crippen LogP contribution in [-0.4, -0.2) is 9.78 Å². The summed E-state index contributed by atoms with van der Waals surface area (Å²) in [6, 6.07) is 17.4. The molecule has 0 spiro atoms. The molecular weight excluding hydrogens is 256 g/mol. The third kappa shape index (κ3) is 2.62. The summed E-state index contributed by atoms with van der Waals surface area (Å²) in [6.45, 7) is 6.32. The normalized spacial score (nSPS) is 10.9. The van der Waals surface area contributed by atoms with Crippen molar-refractivity contribution in [1.29, 1.82) is 0 Å². The molecule has 106 valence electrons. The molecule has 0 atom stereocenters. The Labute approximate surface area is 126 Å². The lowest BCUT2D eigenvalue weighted by Crippen LogP contribution is -1.93. The van der Waals surface area contributed by atoms with E-state index in [0.29, 0.717) is 0 Å². The smallest absolute Gasteiger partial charge is 0.0681 e. The first kappa shape index (κ1) is 13.6. The van der Waals surface area contributed by atoms with Crippen LogP contribution < -0.4 is 0 Å². The summed E-state index contributed by atoms with van der Waals surface area (Å²) < 4.78 is 1.93. The van der Waals surface area contributed by atoms with Gasteiger partial charge in [-0.05, 0) is 54.7 Å². The van der Waals surface area contributed by atoms with E-state index < -0.39 is 0 Å². The third-order valence-corrected chi connectivity index (χ3v) is 4.02. The molecule has 0 aliphatic rings. The maximum Gasteiger partial charge on any atom is 0.0681 e. The standard InChI is InChI=1S/C19H20N2/c1-13-5-6-18(11-14(13)2)16-7-9-17(10-8-16)19-12-15(3)20-21(19)4/h5-12H,1-4H3. The molecule has 21 heavy (non-hydrogen) atoms. The summed E-state index contributed by atoms with van der Waals surface area (Å²) in [4.78, 5) is 0. The highest BCUT2D eigenvalue weighted by atomic mass is 15.3. The Morgan fingerprint density at radius 3 is 1.90 bits per heavy atom. The van der Waals surface area contributed by atoms with Crippen molar-refractivity contribution in [2.24, 2.45) is 7.05 Å². The van der Waals surface area contributed by atoms with Gasteiger partial charge in [-0.1, -0.05) is 42.5 Å². The Kier molecular flexibility index (Phi) is 3.38. The van der Waals surface area contributed by atoms with Crippen molar-refractivity contribution in [2.45, 2.75) is 20.8 Å². The van der Waals surface area contributed by atoms with E-state index >= 15 is 0 Å². The SMILES string of the molecule is Cc1cc(-c2ccc(-c3ccc(C)c(C)c3)cc2)n(C)n1. The Bertz CT molecular complexity index is 780. The highest BCUT2D eigenvalue weighted by molar-refractivity contribution is 5.69. The van der Waals surface area contributed by atoms with Crippen LogP contribution in [0.4, 0.5) is 0 Å². The van der Waals surface area contributed by atoms with E-state index in [-0.39, 0.29) is 0 Å². The van der Waals surface area contributed by atoms with Gasteiger partial charge in [0.25, 0.3) is 0 Å². The van der Waals surface area contributed by atoms with Crippen LogP contribution in [0.15, 0.2) is 48.5 Å². The van der Waals surface area contributed by atoms with Gasteiger partial charge >= 0.3 is 0 Å². The fourth-order valence-corrected chi connectivity index (χ4v) is 2.64. The second-order valence-corrected chi connectivity index (χ2v) is 5.67. The average Bonchev–Trinajstić information content (AvgIpc) is 2.81. The first-order valence-corrected chi connectivity index (χ1v) is 7.23. The molecule has 2 aromatic carbocycles. The zero-order chi connectivity index (χ0) is 15.0. The van der Waals surface area contributed by atoms with E-state index in [2.05, 4.69) is 67.5 Å². The Morgan fingerprint density at radius 2 is 1.33 bits per heavy atom. The van der Waals surface area contributed by atoms with E-state index in [1.165, 1.54) is 27.8 Å². The molecule has 1 aromatic heterocycles. The Morgan fingerprint density at radius 1 is 0.714 bits per heavy atom. The van der Waals surface area contributed by atoms with Crippen LogP contribution in [0.1, 0.15) is 16.8 Å². The molecule has 3 rings (SSSR count). The largest absolute Gasteiger partial charge is 0.268 e. The maximum absolute atomic E-state index is 4.41. The van der Waals surface area contributed by atoms with Gasteiger partial charge in [-0.3, -0.25) is 4.68 Å². The fraction of sp³-hybridized carbons (Fsp3) is 0.211.